The number of nitrogens with zero attached hydrogens (tertiary/aromatic N) is 1. The van der Waals surface area contributed by atoms with E-state index in [4.69, 9.17) is 0 Å². The molecule has 0 fully saturated rings. The second-order valence-corrected chi connectivity index (χ2v) is 3.44. The highest BCUT2D eigenvalue weighted by atomic mass is 19.1. The number of hydrogen-bond acceptors (Lipinski definition) is 2. The molecule has 0 atom stereocenters. The van der Waals surface area contributed by atoms with E-state index < -0.39 is 0 Å². The molecule has 3 nitrogen and oxygen atoms in total. The molecule has 1 rings (SSSR count). The van der Waals surface area contributed by atoms with E-state index in [9.17, 15) is 9.18 Å². The zero-order valence-electron chi connectivity index (χ0n) is 9.66. The molecule has 4 heteroatoms. The van der Waals surface area contributed by atoms with Crippen molar-refractivity contribution in [1.82, 2.24) is 5.32 Å². The Bertz CT molecular complexity index is 355. The van der Waals surface area contributed by atoms with Crippen LogP contribution in [0.25, 0.3) is 0 Å². The monoisotopic (exact) mass is 224 g/mol. The molecule has 0 spiro atoms. The van der Waals surface area contributed by atoms with E-state index in [-0.39, 0.29) is 11.7 Å². The Morgan fingerprint density at radius 2 is 2.12 bits per heavy atom. The highest BCUT2D eigenvalue weighted by molar-refractivity contribution is 5.93. The number of hydrogen-bond donors (Lipinski definition) is 1. The first kappa shape index (κ1) is 12.6. The Morgan fingerprint density at radius 3 is 2.69 bits per heavy atom. The molecule has 0 radical (unpaired) electrons. The predicted octanol–water partition coefficient (Wildman–Crippen LogP) is 1.79. The van der Waals surface area contributed by atoms with Gasteiger partial charge in [-0.1, -0.05) is 12.1 Å². The third-order valence-electron chi connectivity index (χ3n) is 2.35. The maximum Gasteiger partial charge on any atom is 0.228 e. The van der Waals surface area contributed by atoms with Crippen molar-refractivity contribution in [3.05, 3.63) is 30.1 Å². The second kappa shape index (κ2) is 6.23. The minimum atomic E-state index is -0.359. The molecule has 0 aliphatic rings. The van der Waals surface area contributed by atoms with Crippen molar-refractivity contribution in [3.63, 3.8) is 0 Å². The number of nitrogens with one attached hydrogen (secondary N) is 1. The van der Waals surface area contributed by atoms with Crippen LogP contribution in [0.4, 0.5) is 10.1 Å². The number of para-hydroxylation sites is 1. The average molecular weight is 224 g/mol. The number of benzene rings is 1. The molecular formula is C12H17FN2O. The van der Waals surface area contributed by atoms with Gasteiger partial charge in [0.25, 0.3) is 0 Å². The van der Waals surface area contributed by atoms with Crippen molar-refractivity contribution in [1.29, 1.82) is 0 Å². The molecule has 0 aliphatic carbocycles. The average Bonchev–Trinajstić information content (AvgIpc) is 2.30. The summed E-state index contributed by atoms with van der Waals surface area (Å²) in [6.07, 6.45) is 0.374. The Morgan fingerprint density at radius 1 is 1.44 bits per heavy atom. The number of rotatable bonds is 5. The van der Waals surface area contributed by atoms with Crippen molar-refractivity contribution in [2.75, 3.05) is 25.0 Å². The summed E-state index contributed by atoms with van der Waals surface area (Å²) in [5.74, 6) is -0.427. The van der Waals surface area contributed by atoms with Gasteiger partial charge in [0.15, 0.2) is 0 Å². The largest absolute Gasteiger partial charge is 0.319 e. The van der Waals surface area contributed by atoms with Gasteiger partial charge >= 0.3 is 0 Å². The van der Waals surface area contributed by atoms with Crippen LogP contribution in [0.5, 0.6) is 0 Å². The van der Waals surface area contributed by atoms with E-state index in [0.717, 1.165) is 0 Å². The van der Waals surface area contributed by atoms with Crippen molar-refractivity contribution in [3.8, 4) is 0 Å². The predicted molar refractivity (Wildman–Crippen MR) is 63.0 cm³/mol. The highest BCUT2D eigenvalue weighted by Crippen LogP contribution is 2.18. The van der Waals surface area contributed by atoms with Gasteiger partial charge in [0.1, 0.15) is 5.82 Å². The molecule has 0 bridgehead atoms. The minimum absolute atomic E-state index is 0.0676. The fourth-order valence-corrected chi connectivity index (χ4v) is 1.52. The summed E-state index contributed by atoms with van der Waals surface area (Å²) in [7, 11) is 1.78. The third kappa shape index (κ3) is 3.03. The lowest BCUT2D eigenvalue weighted by Gasteiger charge is -2.21. The van der Waals surface area contributed by atoms with Crippen molar-refractivity contribution < 1.29 is 9.18 Å². The normalized spacial score (nSPS) is 10.2. The van der Waals surface area contributed by atoms with Gasteiger partial charge in [-0.25, -0.2) is 4.39 Å². The zero-order chi connectivity index (χ0) is 12.0. The van der Waals surface area contributed by atoms with Crippen LogP contribution in [0, 0.1) is 5.82 Å². The molecule has 1 aromatic rings. The lowest BCUT2D eigenvalue weighted by Crippen LogP contribution is -2.33. The molecule has 0 saturated carbocycles. The van der Waals surface area contributed by atoms with Crippen LogP contribution in [0.15, 0.2) is 24.3 Å². The summed E-state index contributed by atoms with van der Waals surface area (Å²) in [6, 6.07) is 6.33. The fourth-order valence-electron chi connectivity index (χ4n) is 1.52. The first-order valence-corrected chi connectivity index (χ1v) is 5.40. The van der Waals surface area contributed by atoms with Crippen LogP contribution in [-0.4, -0.2) is 26.0 Å². The summed E-state index contributed by atoms with van der Waals surface area (Å²) in [4.78, 5) is 13.3. The Kier molecular flexibility index (Phi) is 4.92. The number of anilines is 1. The van der Waals surface area contributed by atoms with Gasteiger partial charge in [-0.2, -0.15) is 0 Å². The van der Waals surface area contributed by atoms with E-state index >= 15 is 0 Å². The van der Waals surface area contributed by atoms with Crippen LogP contribution in [0.1, 0.15) is 13.3 Å². The molecule has 0 aromatic heterocycles. The number of amides is 1. The van der Waals surface area contributed by atoms with Crippen LogP contribution < -0.4 is 10.2 Å². The lowest BCUT2D eigenvalue weighted by molar-refractivity contribution is -0.118. The van der Waals surface area contributed by atoms with E-state index in [0.29, 0.717) is 25.2 Å². The number of carbonyl (C=O) groups excluding carboxylic acids is 1. The Hall–Kier alpha value is -1.42. The fraction of sp³-hybridized carbons (Fsp3) is 0.417. The quantitative estimate of drug-likeness (QED) is 0.827. The summed E-state index contributed by atoms with van der Waals surface area (Å²) >= 11 is 0. The molecule has 88 valence electrons. The van der Waals surface area contributed by atoms with Crippen molar-refractivity contribution >= 4 is 11.6 Å². The molecule has 1 amide bonds. The minimum Gasteiger partial charge on any atom is -0.319 e. The van der Waals surface area contributed by atoms with Gasteiger partial charge < -0.3 is 10.2 Å². The summed E-state index contributed by atoms with van der Waals surface area (Å²) in [5.41, 5.74) is 0.353. The van der Waals surface area contributed by atoms with E-state index in [1.54, 1.807) is 25.2 Å². The van der Waals surface area contributed by atoms with Crippen LogP contribution in [0.2, 0.25) is 0 Å². The number of carbonyl (C=O) groups is 1. The Labute approximate surface area is 95.3 Å². The maximum atomic E-state index is 13.5. The van der Waals surface area contributed by atoms with Crippen LogP contribution >= 0.6 is 0 Å². The summed E-state index contributed by atoms with van der Waals surface area (Å²) in [5, 5.41) is 2.90. The van der Waals surface area contributed by atoms with Gasteiger partial charge in [-0.05, 0) is 26.1 Å². The van der Waals surface area contributed by atoms with Gasteiger partial charge in [-0.3, -0.25) is 4.79 Å². The first-order chi connectivity index (χ1) is 7.70. The molecule has 0 saturated heterocycles. The molecule has 0 heterocycles. The third-order valence-corrected chi connectivity index (χ3v) is 2.35. The molecule has 1 aromatic carbocycles. The van der Waals surface area contributed by atoms with E-state index in [2.05, 4.69) is 5.32 Å². The second-order valence-electron chi connectivity index (χ2n) is 3.44. The topological polar surface area (TPSA) is 32.3 Å². The van der Waals surface area contributed by atoms with E-state index in [1.807, 2.05) is 6.92 Å². The van der Waals surface area contributed by atoms with Gasteiger partial charge in [0.2, 0.25) is 5.91 Å². The van der Waals surface area contributed by atoms with Gasteiger partial charge in [-0.15, -0.1) is 0 Å². The molecule has 0 aliphatic heterocycles. The molecule has 1 N–H and O–H groups in total. The SMILES string of the molecule is CCN(C(=O)CCNC)c1ccccc1F. The Balaban J connectivity index is 2.82. The standard InChI is InChI=1S/C12H17FN2O/c1-3-15(12(16)8-9-14-2)11-7-5-4-6-10(11)13/h4-7,14H,3,8-9H2,1-2H3. The zero-order valence-corrected chi connectivity index (χ0v) is 9.66. The van der Waals surface area contributed by atoms with Crippen molar-refractivity contribution in [2.45, 2.75) is 13.3 Å². The van der Waals surface area contributed by atoms with Gasteiger partial charge in [0, 0.05) is 19.5 Å². The summed E-state index contributed by atoms with van der Waals surface area (Å²) in [6.45, 7) is 2.91. The van der Waals surface area contributed by atoms with E-state index in [1.165, 1.54) is 11.0 Å². The molecular weight excluding hydrogens is 207 g/mol. The summed E-state index contributed by atoms with van der Waals surface area (Å²) < 4.78 is 13.5. The smallest absolute Gasteiger partial charge is 0.228 e. The maximum absolute atomic E-state index is 13.5. The van der Waals surface area contributed by atoms with Crippen molar-refractivity contribution in [2.24, 2.45) is 0 Å². The van der Waals surface area contributed by atoms with Gasteiger partial charge in [0.05, 0.1) is 5.69 Å². The molecule has 0 unspecified atom stereocenters. The van der Waals surface area contributed by atoms with Crippen LogP contribution in [0.3, 0.4) is 0 Å². The number of halogens is 1. The highest BCUT2D eigenvalue weighted by Gasteiger charge is 2.15. The van der Waals surface area contributed by atoms with Crippen LogP contribution in [-0.2, 0) is 4.79 Å². The lowest BCUT2D eigenvalue weighted by atomic mass is 10.2. The molecule has 16 heavy (non-hydrogen) atoms. The first-order valence-electron chi connectivity index (χ1n) is 5.40.